The number of carboxylic acids is 1. The van der Waals surface area contributed by atoms with Crippen LogP contribution in [0, 0.1) is 11.3 Å². The average Bonchev–Trinajstić information content (AvgIpc) is 3.19. The highest BCUT2D eigenvalue weighted by Gasteiger charge is 2.13. The minimum absolute atomic E-state index is 0.311. The Kier molecular flexibility index (Phi) is 6.68. The van der Waals surface area contributed by atoms with Crippen LogP contribution in [0.15, 0.2) is 77.8 Å². The van der Waals surface area contributed by atoms with E-state index in [0.717, 1.165) is 21.0 Å². The second-order valence-electron chi connectivity index (χ2n) is 6.61. The maximum atomic E-state index is 11.1. The van der Waals surface area contributed by atoms with Crippen LogP contribution in [0.25, 0.3) is 18.2 Å². The van der Waals surface area contributed by atoms with E-state index in [0.29, 0.717) is 11.3 Å². The Morgan fingerprint density at radius 2 is 1.73 bits per heavy atom. The van der Waals surface area contributed by atoms with E-state index in [-0.39, 0.29) is 5.57 Å². The van der Waals surface area contributed by atoms with Crippen LogP contribution in [0.4, 0.5) is 5.69 Å². The molecule has 30 heavy (non-hydrogen) atoms. The smallest absolute Gasteiger partial charge is 0.347 e. The van der Waals surface area contributed by atoms with E-state index in [1.165, 1.54) is 18.4 Å². The molecule has 2 aromatic rings. The molecule has 1 aromatic carbocycles. The second kappa shape index (κ2) is 9.59. The quantitative estimate of drug-likeness (QED) is 0.509. The lowest BCUT2D eigenvalue weighted by Gasteiger charge is -2.11. The lowest BCUT2D eigenvalue weighted by molar-refractivity contribution is -0.132. The zero-order chi connectivity index (χ0) is 21.5. The van der Waals surface area contributed by atoms with Gasteiger partial charge in [0, 0.05) is 35.1 Å². The number of allylic oxidation sites excluding steroid dienone is 4. The fraction of sp³-hybridized carbons (Fsp3) is 0.0833. The van der Waals surface area contributed by atoms with Gasteiger partial charge in [-0.2, -0.15) is 5.26 Å². The van der Waals surface area contributed by atoms with Gasteiger partial charge in [0.25, 0.3) is 0 Å². The van der Waals surface area contributed by atoms with Crippen molar-refractivity contribution in [3.05, 3.63) is 93.1 Å². The molecule has 1 N–H and O–H groups in total. The number of hydrogen-bond acceptors (Lipinski definition) is 5. The molecule has 5 nitrogen and oxygen atoms in total. The van der Waals surface area contributed by atoms with Gasteiger partial charge < -0.3 is 14.7 Å². The van der Waals surface area contributed by atoms with Crippen LogP contribution in [0.2, 0.25) is 0 Å². The van der Waals surface area contributed by atoms with Crippen LogP contribution in [0.3, 0.4) is 0 Å². The number of carboxylic acid groups (broad SMARTS) is 1. The molecule has 0 spiro atoms. The summed E-state index contributed by atoms with van der Waals surface area (Å²) < 4.78 is 5.39. The van der Waals surface area contributed by atoms with E-state index in [9.17, 15) is 4.79 Å². The van der Waals surface area contributed by atoms with E-state index >= 15 is 0 Å². The lowest BCUT2D eigenvalue weighted by Crippen LogP contribution is -2.07. The number of benzene rings is 1. The van der Waals surface area contributed by atoms with Gasteiger partial charge in [0.2, 0.25) is 0 Å². The Bertz CT molecular complexity index is 1120. The Hall–Kier alpha value is -3.82. The highest BCUT2D eigenvalue weighted by Crippen LogP contribution is 2.23. The van der Waals surface area contributed by atoms with Crippen molar-refractivity contribution in [1.29, 1.82) is 5.26 Å². The number of ether oxygens (including phenoxy) is 1. The van der Waals surface area contributed by atoms with Gasteiger partial charge in [-0.3, -0.25) is 0 Å². The minimum Gasteiger partial charge on any atom is -0.477 e. The molecule has 1 aliphatic heterocycles. The number of carbonyl (C=O) groups is 1. The van der Waals surface area contributed by atoms with Crippen molar-refractivity contribution in [1.82, 2.24) is 0 Å². The van der Waals surface area contributed by atoms with Crippen LogP contribution >= 0.6 is 11.3 Å². The summed E-state index contributed by atoms with van der Waals surface area (Å²) in [7, 11) is 4.03. The number of nitriles is 1. The van der Waals surface area contributed by atoms with Crippen molar-refractivity contribution in [2.75, 3.05) is 19.0 Å². The minimum atomic E-state index is -1.26. The molecule has 0 unspecified atom stereocenters. The van der Waals surface area contributed by atoms with E-state index in [4.69, 9.17) is 15.1 Å². The van der Waals surface area contributed by atoms with Crippen LogP contribution in [-0.2, 0) is 9.53 Å². The molecule has 0 amide bonds. The van der Waals surface area contributed by atoms with Crippen molar-refractivity contribution in [3.63, 3.8) is 0 Å². The SMILES string of the molecule is CN(C)c1ccc(/C=C/c2ccc(/C=C/C3=CC(=C(/C#N)C(=O)O)/C=CO3)s2)cc1. The number of rotatable bonds is 6. The van der Waals surface area contributed by atoms with Crippen LogP contribution in [0.1, 0.15) is 15.3 Å². The number of hydrogen-bond donors (Lipinski definition) is 1. The highest BCUT2D eigenvalue weighted by molar-refractivity contribution is 7.13. The maximum absolute atomic E-state index is 11.1. The second-order valence-corrected chi connectivity index (χ2v) is 7.75. The van der Waals surface area contributed by atoms with E-state index in [2.05, 4.69) is 41.3 Å². The molecule has 0 bridgehead atoms. The first-order valence-corrected chi connectivity index (χ1v) is 9.94. The predicted octanol–water partition coefficient (Wildman–Crippen LogP) is 5.33. The summed E-state index contributed by atoms with van der Waals surface area (Å²) in [6, 6.07) is 14.1. The molecule has 6 heteroatoms. The normalized spacial score (nSPS) is 15.0. The van der Waals surface area contributed by atoms with Gasteiger partial charge >= 0.3 is 5.97 Å². The molecule has 0 radical (unpaired) electrons. The Morgan fingerprint density at radius 3 is 2.33 bits per heavy atom. The molecule has 0 saturated heterocycles. The Labute approximate surface area is 179 Å². The molecule has 0 aliphatic carbocycles. The monoisotopic (exact) mass is 416 g/mol. The zero-order valence-electron chi connectivity index (χ0n) is 16.6. The highest BCUT2D eigenvalue weighted by atomic mass is 32.1. The summed E-state index contributed by atoms with van der Waals surface area (Å²) in [4.78, 5) is 15.3. The predicted molar refractivity (Wildman–Crippen MR) is 122 cm³/mol. The van der Waals surface area contributed by atoms with E-state index in [1.807, 2.05) is 32.3 Å². The van der Waals surface area contributed by atoms with Crippen LogP contribution in [0.5, 0.6) is 0 Å². The van der Waals surface area contributed by atoms with E-state index in [1.54, 1.807) is 23.5 Å². The van der Waals surface area contributed by atoms with Crippen LogP contribution < -0.4 is 4.90 Å². The molecule has 0 atom stereocenters. The summed E-state index contributed by atoms with van der Waals surface area (Å²) in [5, 5.41) is 18.1. The maximum Gasteiger partial charge on any atom is 0.347 e. The fourth-order valence-corrected chi connectivity index (χ4v) is 3.49. The first-order valence-electron chi connectivity index (χ1n) is 9.12. The number of anilines is 1. The van der Waals surface area contributed by atoms with Gasteiger partial charge in [0.1, 0.15) is 17.4 Å². The van der Waals surface area contributed by atoms with Gasteiger partial charge in [-0.1, -0.05) is 18.2 Å². The molecular formula is C24H20N2O3S. The van der Waals surface area contributed by atoms with E-state index < -0.39 is 5.97 Å². The average molecular weight is 417 g/mol. The number of thiophene rings is 1. The first-order chi connectivity index (χ1) is 14.5. The number of aliphatic carboxylic acids is 1. The Morgan fingerprint density at radius 1 is 1.07 bits per heavy atom. The van der Waals surface area contributed by atoms with Gasteiger partial charge in [0.15, 0.2) is 0 Å². The topological polar surface area (TPSA) is 73.6 Å². The third-order valence-electron chi connectivity index (χ3n) is 4.27. The number of nitrogens with zero attached hydrogens (tertiary/aromatic N) is 2. The first kappa shape index (κ1) is 20.9. The third kappa shape index (κ3) is 5.37. The lowest BCUT2D eigenvalue weighted by atomic mass is 10.1. The van der Waals surface area contributed by atoms with Gasteiger partial charge in [0.05, 0.1) is 6.26 Å². The summed E-state index contributed by atoms with van der Waals surface area (Å²) in [6.07, 6.45) is 12.2. The molecule has 150 valence electrons. The molecule has 3 rings (SSSR count). The molecule has 2 heterocycles. The molecule has 1 aromatic heterocycles. The standard InChI is InChI=1S/C24H20N2O3S/c1-26(2)19-6-3-17(4-7-19)5-9-21-11-12-22(30-21)10-8-20-15-18(13-14-29-20)23(16-25)24(27)28/h3-15H,1-2H3,(H,27,28)/b9-5+,10-8+,23-18-. The molecule has 1 aliphatic rings. The van der Waals surface area contributed by atoms with Crippen molar-refractivity contribution in [2.24, 2.45) is 0 Å². The largest absolute Gasteiger partial charge is 0.477 e. The van der Waals surface area contributed by atoms with Crippen molar-refractivity contribution in [2.45, 2.75) is 0 Å². The van der Waals surface area contributed by atoms with Crippen molar-refractivity contribution < 1.29 is 14.6 Å². The fourth-order valence-electron chi connectivity index (χ4n) is 2.67. The van der Waals surface area contributed by atoms with Gasteiger partial charge in [-0.25, -0.2) is 4.79 Å². The summed E-state index contributed by atoms with van der Waals surface area (Å²) in [5.74, 6) is -0.794. The zero-order valence-corrected chi connectivity index (χ0v) is 17.4. The summed E-state index contributed by atoms with van der Waals surface area (Å²) >= 11 is 1.62. The van der Waals surface area contributed by atoms with Gasteiger partial charge in [-0.05, 0) is 60.2 Å². The molecular weight excluding hydrogens is 396 g/mol. The molecule has 0 fully saturated rings. The third-order valence-corrected chi connectivity index (χ3v) is 5.29. The van der Waals surface area contributed by atoms with Crippen molar-refractivity contribution in [3.8, 4) is 6.07 Å². The van der Waals surface area contributed by atoms with Crippen LogP contribution in [-0.4, -0.2) is 25.2 Å². The van der Waals surface area contributed by atoms with Gasteiger partial charge in [-0.15, -0.1) is 11.3 Å². The van der Waals surface area contributed by atoms with Crippen molar-refractivity contribution >= 4 is 41.2 Å². The molecule has 0 saturated carbocycles. The summed E-state index contributed by atoms with van der Waals surface area (Å²) in [5.41, 5.74) is 2.28. The summed E-state index contributed by atoms with van der Waals surface area (Å²) in [6.45, 7) is 0. The Balaban J connectivity index is 1.69.